The summed E-state index contributed by atoms with van der Waals surface area (Å²) in [5.74, 6) is -0.0536. The minimum atomic E-state index is -0.495. The molecule has 0 radical (unpaired) electrons. The fourth-order valence-electron chi connectivity index (χ4n) is 3.11. The van der Waals surface area contributed by atoms with Gasteiger partial charge in [-0.05, 0) is 62.7 Å². The largest absolute Gasteiger partial charge is 0.341 e. The Labute approximate surface area is 178 Å². The molecule has 1 atom stereocenters. The molecule has 0 fully saturated rings. The highest BCUT2D eigenvalue weighted by Gasteiger charge is 2.19. The van der Waals surface area contributed by atoms with Crippen molar-refractivity contribution in [1.29, 1.82) is 0 Å². The smallest absolute Gasteiger partial charge is 0.251 e. The first-order valence-corrected chi connectivity index (χ1v) is 9.71. The third-order valence-electron chi connectivity index (χ3n) is 4.70. The van der Waals surface area contributed by atoms with Gasteiger partial charge in [-0.25, -0.2) is 4.39 Å². The van der Waals surface area contributed by atoms with Crippen LogP contribution in [-0.2, 0) is 0 Å². The number of nitrogens with zero attached hydrogens (tertiary/aromatic N) is 4. The van der Waals surface area contributed by atoms with Crippen molar-refractivity contribution in [2.75, 3.05) is 0 Å². The van der Waals surface area contributed by atoms with Crippen LogP contribution in [0.5, 0.6) is 0 Å². The minimum absolute atomic E-state index is 0.158. The fraction of sp³-hybridized carbons (Fsp3) is 0.174. The van der Waals surface area contributed by atoms with E-state index in [2.05, 4.69) is 25.4 Å². The number of hydrogen-bond acceptors (Lipinski definition) is 6. The maximum Gasteiger partial charge on any atom is 0.251 e. The lowest BCUT2D eigenvalue weighted by Gasteiger charge is -2.13. The van der Waals surface area contributed by atoms with Gasteiger partial charge < -0.3 is 9.84 Å². The number of pyridine rings is 2. The number of amides is 1. The fourth-order valence-corrected chi connectivity index (χ4v) is 3.11. The van der Waals surface area contributed by atoms with Crippen LogP contribution in [0.25, 0.3) is 22.5 Å². The lowest BCUT2D eigenvalue weighted by Crippen LogP contribution is -2.27. The van der Waals surface area contributed by atoms with Crippen LogP contribution < -0.4 is 5.32 Å². The predicted molar refractivity (Wildman–Crippen MR) is 113 cm³/mol. The summed E-state index contributed by atoms with van der Waals surface area (Å²) in [5.41, 5.74) is 3.32. The van der Waals surface area contributed by atoms with E-state index in [4.69, 9.17) is 4.52 Å². The van der Waals surface area contributed by atoms with E-state index in [1.807, 2.05) is 19.1 Å². The summed E-state index contributed by atoms with van der Waals surface area (Å²) in [6, 6.07) is 11.2. The molecule has 0 aliphatic carbocycles. The molecule has 3 aromatic heterocycles. The van der Waals surface area contributed by atoms with Gasteiger partial charge in [0.2, 0.25) is 5.89 Å². The van der Waals surface area contributed by atoms with Gasteiger partial charge in [0.25, 0.3) is 5.91 Å². The highest BCUT2D eigenvalue weighted by molar-refractivity contribution is 5.97. The molecular weight excluding hydrogens is 397 g/mol. The highest BCUT2D eigenvalue weighted by atomic mass is 19.1. The van der Waals surface area contributed by atoms with E-state index >= 15 is 0 Å². The second kappa shape index (κ2) is 8.43. The van der Waals surface area contributed by atoms with Crippen LogP contribution in [-0.4, -0.2) is 26.0 Å². The van der Waals surface area contributed by atoms with Crippen molar-refractivity contribution in [2.24, 2.45) is 0 Å². The van der Waals surface area contributed by atoms with E-state index in [9.17, 15) is 9.18 Å². The number of rotatable bonds is 5. The van der Waals surface area contributed by atoms with Gasteiger partial charge in [-0.15, -0.1) is 0 Å². The molecule has 0 aliphatic rings. The average Bonchev–Trinajstić information content (AvgIpc) is 3.21. The topological polar surface area (TPSA) is 93.8 Å². The quantitative estimate of drug-likeness (QED) is 0.516. The molecule has 8 heteroatoms. The SMILES string of the molecule is Cc1ccc(-c2cc(C(=O)N[C@H](C)c3nc(C)no3)cc(-c3ncccc3F)c2)nc1. The van der Waals surface area contributed by atoms with Gasteiger partial charge in [0.1, 0.15) is 17.6 Å². The summed E-state index contributed by atoms with van der Waals surface area (Å²) in [7, 11) is 0. The molecule has 1 aromatic carbocycles. The van der Waals surface area contributed by atoms with E-state index in [-0.39, 0.29) is 11.6 Å². The normalized spacial score (nSPS) is 11.9. The molecule has 0 bridgehead atoms. The number of aryl methyl sites for hydroxylation is 2. The van der Waals surface area contributed by atoms with Crippen molar-refractivity contribution < 1.29 is 13.7 Å². The van der Waals surface area contributed by atoms with Crippen molar-refractivity contribution >= 4 is 5.91 Å². The van der Waals surface area contributed by atoms with Gasteiger partial charge in [-0.2, -0.15) is 4.98 Å². The first-order valence-electron chi connectivity index (χ1n) is 9.71. The summed E-state index contributed by atoms with van der Waals surface area (Å²) in [6.45, 7) is 5.39. The minimum Gasteiger partial charge on any atom is -0.341 e. The van der Waals surface area contributed by atoms with Gasteiger partial charge in [-0.3, -0.25) is 14.8 Å². The molecule has 156 valence electrons. The molecule has 0 unspecified atom stereocenters. The zero-order valence-corrected chi connectivity index (χ0v) is 17.3. The number of halogens is 1. The Balaban J connectivity index is 1.74. The summed E-state index contributed by atoms with van der Waals surface area (Å²) in [5, 5.41) is 6.58. The summed E-state index contributed by atoms with van der Waals surface area (Å²) >= 11 is 0. The molecule has 0 spiro atoms. The third-order valence-corrected chi connectivity index (χ3v) is 4.70. The first-order chi connectivity index (χ1) is 14.9. The third kappa shape index (κ3) is 4.48. The maximum atomic E-state index is 14.4. The molecule has 0 aliphatic heterocycles. The van der Waals surface area contributed by atoms with Gasteiger partial charge in [0.05, 0.1) is 5.69 Å². The van der Waals surface area contributed by atoms with E-state index in [0.29, 0.717) is 34.1 Å². The summed E-state index contributed by atoms with van der Waals surface area (Å²) in [6.07, 6.45) is 3.25. The van der Waals surface area contributed by atoms with Crippen molar-refractivity contribution in [3.05, 3.63) is 83.5 Å². The molecule has 0 saturated heterocycles. The van der Waals surface area contributed by atoms with Crippen LogP contribution in [0.2, 0.25) is 0 Å². The molecular formula is C23H20FN5O2. The number of carbonyl (C=O) groups excluding carboxylic acids is 1. The van der Waals surface area contributed by atoms with Crippen molar-refractivity contribution in [3.63, 3.8) is 0 Å². The van der Waals surface area contributed by atoms with Crippen LogP contribution in [0.4, 0.5) is 4.39 Å². The molecule has 7 nitrogen and oxygen atoms in total. The van der Waals surface area contributed by atoms with Crippen LogP contribution >= 0.6 is 0 Å². The molecule has 1 amide bonds. The Kier molecular flexibility index (Phi) is 5.53. The second-order valence-corrected chi connectivity index (χ2v) is 7.23. The first kappa shape index (κ1) is 20.3. The molecule has 0 saturated carbocycles. The number of aromatic nitrogens is 4. The van der Waals surface area contributed by atoms with Crippen LogP contribution in [0.1, 0.15) is 40.6 Å². The number of benzene rings is 1. The maximum absolute atomic E-state index is 14.4. The van der Waals surface area contributed by atoms with Crippen LogP contribution in [0.15, 0.2) is 59.4 Å². The van der Waals surface area contributed by atoms with Gasteiger partial charge in [0, 0.05) is 29.1 Å². The number of nitrogens with one attached hydrogen (secondary N) is 1. The Morgan fingerprint density at radius 3 is 2.58 bits per heavy atom. The van der Waals surface area contributed by atoms with Crippen molar-refractivity contribution in [2.45, 2.75) is 26.8 Å². The zero-order valence-electron chi connectivity index (χ0n) is 17.3. The van der Waals surface area contributed by atoms with E-state index in [1.165, 1.54) is 18.3 Å². The van der Waals surface area contributed by atoms with E-state index in [1.54, 1.807) is 38.2 Å². The summed E-state index contributed by atoms with van der Waals surface area (Å²) < 4.78 is 19.6. The number of carbonyl (C=O) groups is 1. The van der Waals surface area contributed by atoms with Crippen molar-refractivity contribution in [1.82, 2.24) is 25.4 Å². The highest BCUT2D eigenvalue weighted by Crippen LogP contribution is 2.28. The predicted octanol–water partition coefficient (Wildman–Crippen LogP) is 4.44. The molecule has 3 heterocycles. The molecule has 1 N–H and O–H groups in total. The molecule has 31 heavy (non-hydrogen) atoms. The van der Waals surface area contributed by atoms with Crippen molar-refractivity contribution in [3.8, 4) is 22.5 Å². The van der Waals surface area contributed by atoms with Gasteiger partial charge >= 0.3 is 0 Å². The monoisotopic (exact) mass is 417 g/mol. The Morgan fingerprint density at radius 2 is 1.90 bits per heavy atom. The van der Waals surface area contributed by atoms with Crippen LogP contribution in [0.3, 0.4) is 0 Å². The number of hydrogen-bond donors (Lipinski definition) is 1. The van der Waals surface area contributed by atoms with Gasteiger partial charge in [-0.1, -0.05) is 11.2 Å². The van der Waals surface area contributed by atoms with E-state index in [0.717, 1.165) is 5.56 Å². The Hall–Kier alpha value is -3.94. The van der Waals surface area contributed by atoms with E-state index < -0.39 is 11.9 Å². The molecule has 4 rings (SSSR count). The zero-order chi connectivity index (χ0) is 22.0. The lowest BCUT2D eigenvalue weighted by molar-refractivity contribution is 0.0932. The van der Waals surface area contributed by atoms with Crippen LogP contribution in [0, 0.1) is 19.7 Å². The average molecular weight is 417 g/mol. The molecule has 4 aromatic rings. The summed E-state index contributed by atoms with van der Waals surface area (Å²) in [4.78, 5) is 25.7. The standard InChI is InChI=1S/C23H20FN5O2/c1-13-6-7-20(26-12-13)16-9-17(21-19(24)5-4-8-25-21)11-18(10-16)22(30)27-14(2)23-28-15(3)29-31-23/h4-12,14H,1-3H3,(H,27,30)/t14-/m1/s1. The lowest BCUT2D eigenvalue weighted by atomic mass is 9.99. The Morgan fingerprint density at radius 1 is 1.10 bits per heavy atom. The second-order valence-electron chi connectivity index (χ2n) is 7.23. The van der Waals surface area contributed by atoms with Gasteiger partial charge in [0.15, 0.2) is 5.82 Å². The Bertz CT molecular complexity index is 1240.